The summed E-state index contributed by atoms with van der Waals surface area (Å²) in [5.74, 6) is 0. The molecule has 2 aromatic rings. The minimum Gasteiger partial charge on any atom is -0.383 e. The van der Waals surface area contributed by atoms with Crippen LogP contribution in [0.15, 0.2) is 27.1 Å². The molecule has 0 atom stereocenters. The van der Waals surface area contributed by atoms with Gasteiger partial charge in [-0.05, 0) is 17.9 Å². The predicted molar refractivity (Wildman–Crippen MR) is 77.3 cm³/mol. The Kier molecular flexibility index (Phi) is 4.69. The molecule has 0 aliphatic carbocycles. The summed E-state index contributed by atoms with van der Waals surface area (Å²) >= 11 is 1.28. The smallest absolute Gasteiger partial charge is 0.332 e. The molecule has 0 unspecified atom stereocenters. The van der Waals surface area contributed by atoms with Crippen molar-refractivity contribution in [1.29, 1.82) is 0 Å². The van der Waals surface area contributed by atoms with Gasteiger partial charge in [-0.15, -0.1) is 11.3 Å². The molecule has 0 fully saturated rings. The number of aromatic nitrogens is 2. The van der Waals surface area contributed by atoms with Gasteiger partial charge in [0, 0.05) is 13.2 Å². The molecule has 0 spiro atoms. The number of fused-ring (bicyclic) bond motifs is 1. The van der Waals surface area contributed by atoms with Crippen molar-refractivity contribution in [2.24, 2.45) is 0 Å². The minimum atomic E-state index is -1.92. The molecule has 0 amide bonds. The minimum absolute atomic E-state index is 0.258. The van der Waals surface area contributed by atoms with Crippen molar-refractivity contribution in [2.75, 3.05) is 13.7 Å². The molecule has 0 bridgehead atoms. The van der Waals surface area contributed by atoms with Crippen molar-refractivity contribution in [2.45, 2.75) is 20.0 Å². The Morgan fingerprint density at radius 1 is 1.38 bits per heavy atom. The van der Waals surface area contributed by atoms with Gasteiger partial charge >= 0.3 is 5.69 Å². The van der Waals surface area contributed by atoms with E-state index in [1.807, 2.05) is 0 Å². The van der Waals surface area contributed by atoms with E-state index >= 15 is 0 Å². The van der Waals surface area contributed by atoms with Crippen LogP contribution in [0, 0.1) is 6.92 Å². The van der Waals surface area contributed by atoms with E-state index in [0.29, 0.717) is 16.3 Å². The fourth-order valence-electron chi connectivity index (χ4n) is 2.04. The Hall–Kier alpha value is -1.80. The molecule has 0 aliphatic heterocycles. The second-order valence-electron chi connectivity index (χ2n) is 4.44. The average molecular weight is 316 g/mol. The quantitative estimate of drug-likeness (QED) is 0.847. The molecule has 0 aliphatic rings. The first-order valence-electron chi connectivity index (χ1n) is 6.19. The molecule has 2 aromatic heterocycles. The number of aryl methyl sites for hydroxylation is 1. The van der Waals surface area contributed by atoms with Gasteiger partial charge in [0.25, 0.3) is 11.6 Å². The second-order valence-corrected chi connectivity index (χ2v) is 5.29. The first-order chi connectivity index (χ1) is 9.97. The monoisotopic (exact) mass is 316 g/mol. The highest BCUT2D eigenvalue weighted by Gasteiger charge is 2.15. The molecule has 2 heterocycles. The molecule has 0 radical (unpaired) electrons. The van der Waals surface area contributed by atoms with Crippen molar-refractivity contribution in [1.82, 2.24) is 9.13 Å². The van der Waals surface area contributed by atoms with Crippen LogP contribution in [0.5, 0.6) is 0 Å². The van der Waals surface area contributed by atoms with Gasteiger partial charge in [-0.3, -0.25) is 13.9 Å². The van der Waals surface area contributed by atoms with Gasteiger partial charge in [0.1, 0.15) is 4.83 Å². The average Bonchev–Trinajstić information content (AvgIpc) is 2.80. The maximum Gasteiger partial charge on any atom is 0.332 e. The highest BCUT2D eigenvalue weighted by molar-refractivity contribution is 7.17. The third-order valence-electron chi connectivity index (χ3n) is 3.07. The molecule has 0 saturated heterocycles. The summed E-state index contributed by atoms with van der Waals surface area (Å²) in [4.78, 5) is 25.2. The highest BCUT2D eigenvalue weighted by Crippen LogP contribution is 2.21. The highest BCUT2D eigenvalue weighted by atomic mass is 32.1. The van der Waals surface area contributed by atoms with Crippen LogP contribution in [0.4, 0.5) is 8.78 Å². The lowest BCUT2D eigenvalue weighted by Gasteiger charge is -2.10. The third-order valence-corrected chi connectivity index (χ3v) is 4.19. The first kappa shape index (κ1) is 15.6. The predicted octanol–water partition coefficient (Wildman–Crippen LogP) is 1.96. The van der Waals surface area contributed by atoms with Gasteiger partial charge in [-0.25, -0.2) is 4.79 Å². The summed E-state index contributed by atoms with van der Waals surface area (Å²) < 4.78 is 31.6. The van der Waals surface area contributed by atoms with Gasteiger partial charge in [-0.1, -0.05) is 0 Å². The van der Waals surface area contributed by atoms with E-state index in [1.165, 1.54) is 23.0 Å². The second kappa shape index (κ2) is 6.31. The SMILES string of the molecule is COCCn1c(=O)n(CC=C(F)F)c(=O)c2c(C)csc21. The van der Waals surface area contributed by atoms with Crippen molar-refractivity contribution in [3.63, 3.8) is 0 Å². The standard InChI is InChI=1S/C13H14F2N2O3S/c1-8-7-21-12-10(8)11(18)16(4-3-9(14)15)13(19)17(12)5-6-20-2/h3,7H,4-6H2,1-2H3. The van der Waals surface area contributed by atoms with Crippen LogP contribution >= 0.6 is 11.3 Å². The number of hydrogen-bond donors (Lipinski definition) is 0. The zero-order valence-electron chi connectivity index (χ0n) is 11.6. The van der Waals surface area contributed by atoms with Gasteiger partial charge in [-0.2, -0.15) is 8.78 Å². The summed E-state index contributed by atoms with van der Waals surface area (Å²) in [6, 6.07) is 0. The molecule has 5 nitrogen and oxygen atoms in total. The molecule has 21 heavy (non-hydrogen) atoms. The summed E-state index contributed by atoms with van der Waals surface area (Å²) in [6.07, 6.45) is -1.37. The Labute approximate surface area is 122 Å². The van der Waals surface area contributed by atoms with Crippen LogP contribution in [-0.2, 0) is 17.8 Å². The van der Waals surface area contributed by atoms with E-state index in [9.17, 15) is 18.4 Å². The van der Waals surface area contributed by atoms with Crippen molar-refractivity contribution < 1.29 is 13.5 Å². The van der Waals surface area contributed by atoms with E-state index in [4.69, 9.17) is 4.74 Å². The lowest BCUT2D eigenvalue weighted by atomic mass is 10.2. The molecular formula is C13H14F2N2O3S. The van der Waals surface area contributed by atoms with Crippen LogP contribution in [0.25, 0.3) is 10.2 Å². The van der Waals surface area contributed by atoms with Crippen LogP contribution in [-0.4, -0.2) is 22.9 Å². The topological polar surface area (TPSA) is 53.2 Å². The van der Waals surface area contributed by atoms with Crippen molar-refractivity contribution in [3.05, 3.63) is 43.9 Å². The van der Waals surface area contributed by atoms with Gasteiger partial charge < -0.3 is 4.74 Å². The normalized spacial score (nSPS) is 11.0. The Morgan fingerprint density at radius 3 is 2.71 bits per heavy atom. The summed E-state index contributed by atoms with van der Waals surface area (Å²) in [5, 5.41) is 2.16. The van der Waals surface area contributed by atoms with Crippen LogP contribution in [0.3, 0.4) is 0 Å². The molecule has 0 aromatic carbocycles. The zero-order chi connectivity index (χ0) is 15.6. The number of allylic oxidation sites excluding steroid dienone is 1. The molecule has 0 saturated carbocycles. The Balaban J connectivity index is 2.73. The molecule has 8 heteroatoms. The van der Waals surface area contributed by atoms with Gasteiger partial charge in [0.2, 0.25) is 0 Å². The van der Waals surface area contributed by atoms with Crippen molar-refractivity contribution >= 4 is 21.6 Å². The summed E-state index contributed by atoms with van der Waals surface area (Å²) in [7, 11) is 1.50. The van der Waals surface area contributed by atoms with E-state index in [1.54, 1.807) is 12.3 Å². The maximum atomic E-state index is 12.3. The number of nitrogens with zero attached hydrogens (tertiary/aromatic N) is 2. The zero-order valence-corrected chi connectivity index (χ0v) is 12.4. The fraction of sp³-hybridized carbons (Fsp3) is 0.385. The number of methoxy groups -OCH3 is 1. The Morgan fingerprint density at radius 2 is 2.10 bits per heavy atom. The number of rotatable bonds is 5. The summed E-state index contributed by atoms with van der Waals surface area (Å²) in [6.45, 7) is 1.85. The number of hydrogen-bond acceptors (Lipinski definition) is 4. The molecule has 2 rings (SSSR count). The Bertz CT molecular complexity index is 800. The number of ether oxygens (including phenoxy) is 1. The van der Waals surface area contributed by atoms with E-state index in [0.717, 1.165) is 10.1 Å². The first-order valence-corrected chi connectivity index (χ1v) is 7.07. The summed E-state index contributed by atoms with van der Waals surface area (Å²) in [5.41, 5.74) is -0.423. The molecular weight excluding hydrogens is 302 g/mol. The third kappa shape index (κ3) is 2.96. The van der Waals surface area contributed by atoms with Gasteiger partial charge in [0.05, 0.1) is 25.1 Å². The molecule has 0 N–H and O–H groups in total. The van der Waals surface area contributed by atoms with E-state index in [2.05, 4.69) is 0 Å². The maximum absolute atomic E-state index is 12.3. The largest absolute Gasteiger partial charge is 0.383 e. The van der Waals surface area contributed by atoms with Gasteiger partial charge in [0.15, 0.2) is 0 Å². The van der Waals surface area contributed by atoms with Crippen LogP contribution in [0.2, 0.25) is 0 Å². The number of thiophene rings is 1. The van der Waals surface area contributed by atoms with Crippen LogP contribution in [0.1, 0.15) is 5.56 Å². The van der Waals surface area contributed by atoms with E-state index < -0.39 is 23.9 Å². The lowest BCUT2D eigenvalue weighted by Crippen LogP contribution is -2.40. The fourth-order valence-corrected chi connectivity index (χ4v) is 3.11. The van der Waals surface area contributed by atoms with Crippen molar-refractivity contribution in [3.8, 4) is 0 Å². The number of halogens is 2. The van der Waals surface area contributed by atoms with E-state index in [-0.39, 0.29) is 13.2 Å². The van der Waals surface area contributed by atoms with Crippen LogP contribution < -0.4 is 11.2 Å². The molecule has 114 valence electrons. The lowest BCUT2D eigenvalue weighted by molar-refractivity contribution is 0.186.